The van der Waals surface area contributed by atoms with Gasteiger partial charge in [0.2, 0.25) is 5.91 Å². The molecule has 0 aliphatic carbocycles. The Morgan fingerprint density at radius 3 is 2.20 bits per heavy atom. The Bertz CT molecular complexity index is 704. The highest BCUT2D eigenvalue weighted by molar-refractivity contribution is 7.90. The third kappa shape index (κ3) is 8.53. The van der Waals surface area contributed by atoms with Crippen LogP contribution in [0.3, 0.4) is 0 Å². The first-order valence-electron chi connectivity index (χ1n) is 8.13. The zero-order chi connectivity index (χ0) is 19.1. The smallest absolute Gasteiger partial charge is 0.239 e. The van der Waals surface area contributed by atoms with Crippen LogP contribution >= 0.6 is 0 Å². The van der Waals surface area contributed by atoms with Gasteiger partial charge in [-0.2, -0.15) is 0 Å². The molecular weight excluding hydrogens is 340 g/mol. The maximum atomic E-state index is 11.9. The fraction of sp³-hybridized carbons (Fsp3) is 0.529. The molecule has 25 heavy (non-hydrogen) atoms. The number of guanidine groups is 1. The maximum Gasteiger partial charge on any atom is 0.239 e. The van der Waals surface area contributed by atoms with E-state index in [1.807, 2.05) is 27.7 Å². The number of sulfone groups is 1. The minimum absolute atomic E-state index is 0.115. The van der Waals surface area contributed by atoms with Crippen molar-refractivity contribution in [2.45, 2.75) is 44.7 Å². The molecule has 0 saturated carbocycles. The van der Waals surface area contributed by atoms with Gasteiger partial charge in [0, 0.05) is 18.3 Å². The van der Waals surface area contributed by atoms with E-state index in [9.17, 15) is 13.2 Å². The van der Waals surface area contributed by atoms with E-state index in [4.69, 9.17) is 0 Å². The summed E-state index contributed by atoms with van der Waals surface area (Å²) in [7, 11) is -3.20. The van der Waals surface area contributed by atoms with Crippen molar-refractivity contribution in [3.8, 4) is 0 Å². The van der Waals surface area contributed by atoms with Gasteiger partial charge in [-0.3, -0.25) is 4.79 Å². The first-order chi connectivity index (χ1) is 11.5. The van der Waals surface area contributed by atoms with Crippen LogP contribution in [0.15, 0.2) is 34.2 Å². The number of hydrogen-bond acceptors (Lipinski definition) is 4. The Morgan fingerprint density at radius 2 is 1.72 bits per heavy atom. The van der Waals surface area contributed by atoms with Crippen LogP contribution in [-0.2, 0) is 21.2 Å². The molecule has 0 radical (unpaired) electrons. The molecule has 0 unspecified atom stereocenters. The van der Waals surface area contributed by atoms with E-state index in [0.717, 1.165) is 5.56 Å². The number of carbonyl (C=O) groups is 1. The molecule has 0 saturated heterocycles. The highest BCUT2D eigenvalue weighted by Crippen LogP contribution is 2.10. The molecule has 8 heteroatoms. The summed E-state index contributed by atoms with van der Waals surface area (Å²) in [4.78, 5) is 16.6. The summed E-state index contributed by atoms with van der Waals surface area (Å²) in [5.74, 6) is 0.411. The number of amides is 1. The van der Waals surface area contributed by atoms with E-state index in [1.54, 1.807) is 24.3 Å². The highest BCUT2D eigenvalue weighted by Gasteiger charge is 2.13. The van der Waals surface area contributed by atoms with Crippen LogP contribution < -0.4 is 16.0 Å². The molecule has 1 rings (SSSR count). The Hall–Kier alpha value is -2.09. The third-order valence-corrected chi connectivity index (χ3v) is 4.17. The molecule has 7 nitrogen and oxygen atoms in total. The largest absolute Gasteiger partial charge is 0.357 e. The Labute approximate surface area is 150 Å². The minimum atomic E-state index is -3.20. The van der Waals surface area contributed by atoms with Crippen molar-refractivity contribution in [2.24, 2.45) is 4.99 Å². The van der Waals surface area contributed by atoms with Crippen molar-refractivity contribution >= 4 is 21.7 Å². The lowest BCUT2D eigenvalue weighted by atomic mass is 10.1. The first-order valence-corrected chi connectivity index (χ1v) is 10.0. The van der Waals surface area contributed by atoms with Gasteiger partial charge in [0.1, 0.15) is 0 Å². The summed E-state index contributed by atoms with van der Waals surface area (Å²) in [6, 6.07) is 6.60. The van der Waals surface area contributed by atoms with E-state index in [1.165, 1.54) is 6.26 Å². The highest BCUT2D eigenvalue weighted by atomic mass is 32.2. The monoisotopic (exact) mass is 368 g/mol. The van der Waals surface area contributed by atoms with Gasteiger partial charge in [-0.25, -0.2) is 13.4 Å². The standard InChI is InChI=1S/C17H28N4O3S/c1-6-18-16(20-12-15(22)21-17(2,3)4)19-11-13-7-9-14(10-8-13)25(5,23)24/h7-10H,6,11-12H2,1-5H3,(H,21,22)(H2,18,19,20). The van der Waals surface area contributed by atoms with Crippen molar-refractivity contribution in [3.63, 3.8) is 0 Å². The molecular formula is C17H28N4O3S. The second-order valence-electron chi connectivity index (χ2n) is 6.76. The average Bonchev–Trinajstić information content (AvgIpc) is 2.48. The van der Waals surface area contributed by atoms with Gasteiger partial charge >= 0.3 is 0 Å². The Morgan fingerprint density at radius 1 is 1.12 bits per heavy atom. The molecule has 0 heterocycles. The molecule has 0 aromatic heterocycles. The number of carbonyl (C=O) groups excluding carboxylic acids is 1. The molecule has 0 fully saturated rings. The molecule has 0 atom stereocenters. The van der Waals surface area contributed by atoms with E-state index in [0.29, 0.717) is 19.0 Å². The number of hydrogen-bond donors (Lipinski definition) is 3. The minimum Gasteiger partial charge on any atom is -0.357 e. The number of rotatable bonds is 6. The predicted octanol–water partition coefficient (Wildman–Crippen LogP) is 1.06. The van der Waals surface area contributed by atoms with Crippen LogP contribution in [0.5, 0.6) is 0 Å². The molecule has 1 aromatic carbocycles. The zero-order valence-electron chi connectivity index (χ0n) is 15.5. The molecule has 3 N–H and O–H groups in total. The lowest BCUT2D eigenvalue weighted by Crippen LogP contribution is -2.48. The second-order valence-corrected chi connectivity index (χ2v) is 8.78. The number of nitrogens with one attached hydrogen (secondary N) is 3. The zero-order valence-corrected chi connectivity index (χ0v) is 16.3. The van der Waals surface area contributed by atoms with Crippen LogP contribution in [0, 0.1) is 0 Å². The van der Waals surface area contributed by atoms with E-state index >= 15 is 0 Å². The van der Waals surface area contributed by atoms with Crippen molar-refractivity contribution in [1.82, 2.24) is 16.0 Å². The quantitative estimate of drug-likeness (QED) is 0.515. The van der Waals surface area contributed by atoms with Gasteiger partial charge < -0.3 is 16.0 Å². The average molecular weight is 369 g/mol. The van der Waals surface area contributed by atoms with Crippen LogP contribution in [0.2, 0.25) is 0 Å². The third-order valence-electron chi connectivity index (χ3n) is 3.05. The van der Waals surface area contributed by atoms with E-state index in [2.05, 4.69) is 20.9 Å². The molecule has 1 aromatic rings. The van der Waals surface area contributed by atoms with Crippen LogP contribution in [0.1, 0.15) is 33.3 Å². The number of nitrogens with zero attached hydrogens (tertiary/aromatic N) is 1. The topological polar surface area (TPSA) is 99.7 Å². The van der Waals surface area contributed by atoms with Crippen molar-refractivity contribution in [2.75, 3.05) is 19.3 Å². The summed E-state index contributed by atoms with van der Waals surface area (Å²) < 4.78 is 22.9. The SMILES string of the molecule is CCNC(=NCc1ccc(S(C)(=O)=O)cc1)NCC(=O)NC(C)(C)C. The lowest BCUT2D eigenvalue weighted by molar-refractivity contribution is -0.121. The van der Waals surface area contributed by atoms with Gasteiger partial charge in [-0.05, 0) is 45.4 Å². The van der Waals surface area contributed by atoms with Crippen molar-refractivity contribution in [1.29, 1.82) is 0 Å². The second kappa shape index (κ2) is 8.84. The number of benzene rings is 1. The maximum absolute atomic E-state index is 11.9. The summed E-state index contributed by atoms with van der Waals surface area (Å²) in [6.07, 6.45) is 1.18. The van der Waals surface area contributed by atoms with E-state index in [-0.39, 0.29) is 22.9 Å². The lowest BCUT2D eigenvalue weighted by Gasteiger charge is -2.21. The van der Waals surface area contributed by atoms with Gasteiger partial charge in [0.25, 0.3) is 0 Å². The van der Waals surface area contributed by atoms with E-state index < -0.39 is 9.84 Å². The summed E-state index contributed by atoms with van der Waals surface area (Å²) >= 11 is 0. The predicted molar refractivity (Wildman–Crippen MR) is 100 cm³/mol. The Kier molecular flexibility index (Phi) is 7.41. The Balaban J connectivity index is 2.67. The molecule has 0 aliphatic heterocycles. The first kappa shape index (κ1) is 21.0. The fourth-order valence-electron chi connectivity index (χ4n) is 1.98. The molecule has 140 valence electrons. The van der Waals surface area contributed by atoms with Gasteiger partial charge in [0.05, 0.1) is 18.0 Å². The molecule has 1 amide bonds. The normalized spacial score (nSPS) is 12.6. The summed E-state index contributed by atoms with van der Waals surface area (Å²) in [5, 5.41) is 8.92. The fourth-order valence-corrected chi connectivity index (χ4v) is 2.61. The van der Waals surface area contributed by atoms with Gasteiger partial charge in [0.15, 0.2) is 15.8 Å². The summed E-state index contributed by atoms with van der Waals surface area (Å²) in [6.45, 7) is 8.86. The van der Waals surface area contributed by atoms with Crippen LogP contribution in [-0.4, -0.2) is 45.2 Å². The van der Waals surface area contributed by atoms with Crippen molar-refractivity contribution < 1.29 is 13.2 Å². The van der Waals surface area contributed by atoms with Gasteiger partial charge in [-0.15, -0.1) is 0 Å². The molecule has 0 aliphatic rings. The summed E-state index contributed by atoms with van der Waals surface area (Å²) in [5.41, 5.74) is 0.596. The molecule has 0 bridgehead atoms. The van der Waals surface area contributed by atoms with Crippen LogP contribution in [0.25, 0.3) is 0 Å². The van der Waals surface area contributed by atoms with Crippen molar-refractivity contribution in [3.05, 3.63) is 29.8 Å². The van der Waals surface area contributed by atoms with Gasteiger partial charge in [-0.1, -0.05) is 12.1 Å². The molecule has 0 spiro atoms. The number of aliphatic imine (C=N–C) groups is 1. The van der Waals surface area contributed by atoms with Crippen LogP contribution in [0.4, 0.5) is 0 Å².